The average Bonchev–Trinajstić information content (AvgIpc) is 2.97. The van der Waals surface area contributed by atoms with Gasteiger partial charge in [0.25, 0.3) is 11.6 Å². The number of hydrogen-bond donors (Lipinski definition) is 1. The summed E-state index contributed by atoms with van der Waals surface area (Å²) >= 11 is 0. The molecule has 1 heterocycles. The molecule has 7 heteroatoms. The Labute approximate surface area is 164 Å². The van der Waals surface area contributed by atoms with Crippen LogP contribution in [-0.4, -0.2) is 30.5 Å². The number of nitro groups is 1. The van der Waals surface area contributed by atoms with Crippen LogP contribution in [-0.2, 0) is 4.79 Å². The Bertz CT molecular complexity index is 828. The molecule has 1 N–H and O–H groups in total. The van der Waals surface area contributed by atoms with Crippen molar-refractivity contribution in [3.8, 4) is 5.75 Å². The van der Waals surface area contributed by atoms with Crippen molar-refractivity contribution in [1.82, 2.24) is 0 Å². The van der Waals surface area contributed by atoms with Crippen molar-refractivity contribution in [1.29, 1.82) is 0 Å². The van der Waals surface area contributed by atoms with Gasteiger partial charge in [-0.3, -0.25) is 14.9 Å². The number of nitro benzene ring substituents is 1. The van der Waals surface area contributed by atoms with Gasteiger partial charge in [0.1, 0.15) is 5.75 Å². The minimum Gasteiger partial charge on any atom is -0.483 e. The molecule has 2 aromatic rings. The summed E-state index contributed by atoms with van der Waals surface area (Å²) in [6, 6.07) is 12.4. The molecule has 0 saturated carbocycles. The third-order valence-corrected chi connectivity index (χ3v) is 4.93. The minimum absolute atomic E-state index is 0.0259. The molecule has 7 nitrogen and oxygen atoms in total. The van der Waals surface area contributed by atoms with E-state index in [-0.39, 0.29) is 18.2 Å². The highest BCUT2D eigenvalue weighted by Gasteiger charge is 2.15. The zero-order chi connectivity index (χ0) is 19.9. The lowest BCUT2D eigenvalue weighted by molar-refractivity contribution is -0.385. The average molecular weight is 383 g/mol. The van der Waals surface area contributed by atoms with Crippen LogP contribution >= 0.6 is 0 Å². The molecule has 1 saturated heterocycles. The molecule has 28 heavy (non-hydrogen) atoms. The zero-order valence-electron chi connectivity index (χ0n) is 16.0. The van der Waals surface area contributed by atoms with Crippen molar-refractivity contribution >= 4 is 23.0 Å². The molecule has 0 aromatic heterocycles. The highest BCUT2D eigenvalue weighted by molar-refractivity contribution is 5.92. The van der Waals surface area contributed by atoms with Gasteiger partial charge in [0, 0.05) is 30.5 Å². The molecule has 2 aromatic carbocycles. The van der Waals surface area contributed by atoms with Crippen molar-refractivity contribution < 1.29 is 14.5 Å². The lowest BCUT2D eigenvalue weighted by atomic mass is 10.2. The summed E-state index contributed by atoms with van der Waals surface area (Å²) in [7, 11) is 0. The molecule has 3 rings (SSSR count). The van der Waals surface area contributed by atoms with Gasteiger partial charge < -0.3 is 15.0 Å². The number of nitrogens with one attached hydrogen (secondary N) is 1. The van der Waals surface area contributed by atoms with Crippen LogP contribution in [0.25, 0.3) is 0 Å². The van der Waals surface area contributed by atoms with Crippen LogP contribution in [0.3, 0.4) is 0 Å². The number of carbonyl (C=O) groups is 1. The fraction of sp³-hybridized carbons (Fsp3) is 0.381. The smallest absolute Gasteiger partial charge is 0.276 e. The quantitative estimate of drug-likeness (QED) is 0.594. The number of hydrogen-bond acceptors (Lipinski definition) is 5. The Morgan fingerprint density at radius 1 is 1.11 bits per heavy atom. The SMILES string of the molecule is Cc1c(OCC(=O)Nc2ccc(N3CCCCCC3)cc2)cccc1[N+](=O)[O-]. The van der Waals surface area contributed by atoms with E-state index in [2.05, 4.69) is 10.2 Å². The summed E-state index contributed by atoms with van der Waals surface area (Å²) in [6.45, 7) is 3.53. The third-order valence-electron chi connectivity index (χ3n) is 4.93. The van der Waals surface area contributed by atoms with Gasteiger partial charge >= 0.3 is 0 Å². The van der Waals surface area contributed by atoms with Crippen molar-refractivity contribution in [2.24, 2.45) is 0 Å². The fourth-order valence-electron chi connectivity index (χ4n) is 3.38. The highest BCUT2D eigenvalue weighted by atomic mass is 16.6. The first-order chi connectivity index (χ1) is 13.5. The number of ether oxygens (including phenoxy) is 1. The number of nitrogens with zero attached hydrogens (tertiary/aromatic N) is 2. The third kappa shape index (κ3) is 5.00. The Balaban J connectivity index is 1.55. The van der Waals surface area contributed by atoms with Gasteiger partial charge in [-0.05, 0) is 50.1 Å². The van der Waals surface area contributed by atoms with E-state index in [1.54, 1.807) is 19.1 Å². The Morgan fingerprint density at radius 3 is 2.43 bits per heavy atom. The molecule has 1 fully saturated rings. The van der Waals surface area contributed by atoms with Crippen LogP contribution in [0.15, 0.2) is 42.5 Å². The first kappa shape index (κ1) is 19.7. The van der Waals surface area contributed by atoms with E-state index in [0.29, 0.717) is 17.0 Å². The number of amides is 1. The van der Waals surface area contributed by atoms with Crippen molar-refractivity contribution in [3.05, 3.63) is 58.1 Å². The van der Waals surface area contributed by atoms with Crippen LogP contribution in [0.5, 0.6) is 5.75 Å². The van der Waals surface area contributed by atoms with Gasteiger partial charge in [-0.1, -0.05) is 18.9 Å². The zero-order valence-corrected chi connectivity index (χ0v) is 16.0. The molecule has 0 spiro atoms. The monoisotopic (exact) mass is 383 g/mol. The second kappa shape index (κ2) is 9.21. The van der Waals surface area contributed by atoms with Crippen LogP contribution in [0.1, 0.15) is 31.2 Å². The molecule has 0 aliphatic carbocycles. The summed E-state index contributed by atoms with van der Waals surface area (Å²) in [5, 5.41) is 13.8. The largest absolute Gasteiger partial charge is 0.483 e. The standard InChI is InChI=1S/C21H25N3O4/c1-16-19(24(26)27)7-6-8-20(16)28-15-21(25)22-17-9-11-18(12-10-17)23-13-4-2-3-5-14-23/h6-12H,2-5,13-15H2,1H3,(H,22,25). The van der Waals surface area contributed by atoms with Crippen LogP contribution < -0.4 is 15.0 Å². The van der Waals surface area contributed by atoms with Crippen LogP contribution in [0.2, 0.25) is 0 Å². The summed E-state index contributed by atoms with van der Waals surface area (Å²) in [4.78, 5) is 25.1. The van der Waals surface area contributed by atoms with Gasteiger partial charge in [0.2, 0.25) is 0 Å². The first-order valence-corrected chi connectivity index (χ1v) is 9.56. The van der Waals surface area contributed by atoms with E-state index >= 15 is 0 Å². The molecule has 1 amide bonds. The lowest BCUT2D eigenvalue weighted by Gasteiger charge is -2.22. The summed E-state index contributed by atoms with van der Waals surface area (Å²) in [6.07, 6.45) is 5.00. The maximum absolute atomic E-state index is 12.2. The topological polar surface area (TPSA) is 84.7 Å². The predicted octanol–water partition coefficient (Wildman–Crippen LogP) is 4.30. The molecule has 0 unspecified atom stereocenters. The molecule has 1 aliphatic rings. The van der Waals surface area contributed by atoms with Gasteiger partial charge in [-0.15, -0.1) is 0 Å². The lowest BCUT2D eigenvalue weighted by Crippen LogP contribution is -2.24. The van der Waals surface area contributed by atoms with Crippen molar-refractivity contribution in [2.75, 3.05) is 29.9 Å². The molecular formula is C21H25N3O4. The number of rotatable bonds is 6. The second-order valence-electron chi connectivity index (χ2n) is 6.94. The predicted molar refractivity (Wildman–Crippen MR) is 109 cm³/mol. The van der Waals surface area contributed by atoms with E-state index in [1.807, 2.05) is 24.3 Å². The van der Waals surface area contributed by atoms with Gasteiger partial charge in [-0.2, -0.15) is 0 Å². The van der Waals surface area contributed by atoms with Crippen LogP contribution in [0, 0.1) is 17.0 Å². The van der Waals surface area contributed by atoms with E-state index in [0.717, 1.165) is 13.1 Å². The molecule has 0 atom stereocenters. The fourth-order valence-corrected chi connectivity index (χ4v) is 3.38. The maximum atomic E-state index is 12.2. The van der Waals surface area contributed by atoms with E-state index in [4.69, 9.17) is 4.74 Å². The number of benzene rings is 2. The van der Waals surface area contributed by atoms with Crippen LogP contribution in [0.4, 0.5) is 17.1 Å². The molecule has 1 aliphatic heterocycles. The van der Waals surface area contributed by atoms with Gasteiger partial charge in [0.15, 0.2) is 6.61 Å². The Hall–Kier alpha value is -3.09. The second-order valence-corrected chi connectivity index (χ2v) is 6.94. The van der Waals surface area contributed by atoms with E-state index in [9.17, 15) is 14.9 Å². The van der Waals surface area contributed by atoms with E-state index < -0.39 is 4.92 Å². The molecule has 0 bridgehead atoms. The van der Waals surface area contributed by atoms with Gasteiger partial charge in [0.05, 0.1) is 10.5 Å². The summed E-state index contributed by atoms with van der Waals surface area (Å²) in [5.74, 6) is 0.0225. The number of carbonyl (C=O) groups excluding carboxylic acids is 1. The summed E-state index contributed by atoms with van der Waals surface area (Å²) < 4.78 is 5.47. The maximum Gasteiger partial charge on any atom is 0.276 e. The minimum atomic E-state index is -0.464. The summed E-state index contributed by atoms with van der Waals surface area (Å²) in [5.41, 5.74) is 2.25. The Kier molecular flexibility index (Phi) is 6.47. The molecular weight excluding hydrogens is 358 g/mol. The van der Waals surface area contributed by atoms with Crippen molar-refractivity contribution in [2.45, 2.75) is 32.6 Å². The van der Waals surface area contributed by atoms with Crippen molar-refractivity contribution in [3.63, 3.8) is 0 Å². The molecule has 148 valence electrons. The first-order valence-electron chi connectivity index (χ1n) is 9.56. The Morgan fingerprint density at radius 2 is 1.79 bits per heavy atom. The van der Waals surface area contributed by atoms with Gasteiger partial charge in [-0.25, -0.2) is 0 Å². The molecule has 0 radical (unpaired) electrons. The van der Waals surface area contributed by atoms with E-state index in [1.165, 1.54) is 37.4 Å². The highest BCUT2D eigenvalue weighted by Crippen LogP contribution is 2.27. The number of anilines is 2. The normalized spacial score (nSPS) is 14.2.